The second kappa shape index (κ2) is 6.28. The van der Waals surface area contributed by atoms with Gasteiger partial charge in [-0.25, -0.2) is 0 Å². The molecule has 94 valence electrons. The van der Waals surface area contributed by atoms with E-state index in [4.69, 9.17) is 5.73 Å². The van der Waals surface area contributed by atoms with E-state index in [9.17, 15) is 4.79 Å². The van der Waals surface area contributed by atoms with Crippen LogP contribution >= 0.6 is 0 Å². The average Bonchev–Trinajstić information content (AvgIpc) is 2.33. The van der Waals surface area contributed by atoms with Crippen molar-refractivity contribution in [2.24, 2.45) is 0 Å². The fourth-order valence-corrected chi connectivity index (χ4v) is 1.81. The molecule has 0 spiro atoms. The molecule has 2 N–H and O–H groups in total. The van der Waals surface area contributed by atoms with E-state index in [1.807, 2.05) is 36.9 Å². The molecular formula is C14H22N2O. The molecule has 0 heterocycles. The zero-order valence-electron chi connectivity index (χ0n) is 11.0. The van der Waals surface area contributed by atoms with Gasteiger partial charge in [0.2, 0.25) is 0 Å². The number of nitrogens with zero attached hydrogens (tertiary/aromatic N) is 1. The monoisotopic (exact) mass is 234 g/mol. The Morgan fingerprint density at radius 2 is 2.06 bits per heavy atom. The van der Waals surface area contributed by atoms with E-state index in [2.05, 4.69) is 6.92 Å². The topological polar surface area (TPSA) is 46.3 Å². The van der Waals surface area contributed by atoms with Gasteiger partial charge in [0.05, 0.1) is 0 Å². The maximum Gasteiger partial charge on any atom is 0.254 e. The van der Waals surface area contributed by atoms with Gasteiger partial charge in [-0.1, -0.05) is 19.4 Å². The minimum atomic E-state index is 0.0887. The predicted molar refractivity (Wildman–Crippen MR) is 72.1 cm³/mol. The molecule has 1 rings (SSSR count). The van der Waals surface area contributed by atoms with Crippen LogP contribution in [0.15, 0.2) is 18.2 Å². The molecule has 1 amide bonds. The Bertz CT molecular complexity index is 388. The van der Waals surface area contributed by atoms with Crippen molar-refractivity contribution in [1.29, 1.82) is 0 Å². The van der Waals surface area contributed by atoms with E-state index in [0.717, 1.165) is 37.1 Å². The second-order valence-corrected chi connectivity index (χ2v) is 4.26. The summed E-state index contributed by atoms with van der Waals surface area (Å²) in [5.74, 6) is 0.0887. The highest BCUT2D eigenvalue weighted by atomic mass is 16.2. The fraction of sp³-hybridized carbons (Fsp3) is 0.500. The number of hydrogen-bond acceptors (Lipinski definition) is 2. The summed E-state index contributed by atoms with van der Waals surface area (Å²) >= 11 is 0. The summed E-state index contributed by atoms with van der Waals surface area (Å²) in [6, 6.07) is 5.51. The SMILES string of the molecule is CCCCN(CC)C(=O)c1cccc(N)c1C. The van der Waals surface area contributed by atoms with Gasteiger partial charge >= 0.3 is 0 Å². The van der Waals surface area contributed by atoms with Crippen LogP contribution in [0.3, 0.4) is 0 Å². The van der Waals surface area contributed by atoms with Crippen molar-refractivity contribution in [3.05, 3.63) is 29.3 Å². The molecule has 3 nitrogen and oxygen atoms in total. The highest BCUT2D eigenvalue weighted by molar-refractivity contribution is 5.96. The van der Waals surface area contributed by atoms with Crippen LogP contribution in [0.2, 0.25) is 0 Å². The van der Waals surface area contributed by atoms with Gasteiger partial charge < -0.3 is 10.6 Å². The minimum Gasteiger partial charge on any atom is -0.398 e. The van der Waals surface area contributed by atoms with E-state index in [-0.39, 0.29) is 5.91 Å². The molecule has 0 aliphatic heterocycles. The van der Waals surface area contributed by atoms with Gasteiger partial charge in [-0.05, 0) is 38.0 Å². The number of rotatable bonds is 5. The normalized spacial score (nSPS) is 10.3. The molecule has 0 atom stereocenters. The van der Waals surface area contributed by atoms with Gasteiger partial charge in [0.1, 0.15) is 0 Å². The van der Waals surface area contributed by atoms with E-state index in [1.165, 1.54) is 0 Å². The van der Waals surface area contributed by atoms with Crippen LogP contribution in [0.5, 0.6) is 0 Å². The summed E-state index contributed by atoms with van der Waals surface area (Å²) in [4.78, 5) is 14.2. The third-order valence-corrected chi connectivity index (χ3v) is 3.06. The molecule has 1 aromatic rings. The largest absolute Gasteiger partial charge is 0.398 e. The standard InChI is InChI=1S/C14H22N2O/c1-4-6-10-16(5-2)14(17)12-8-7-9-13(15)11(12)3/h7-9H,4-6,10,15H2,1-3H3. The minimum absolute atomic E-state index is 0.0887. The zero-order valence-corrected chi connectivity index (χ0v) is 11.0. The van der Waals surface area contributed by atoms with Crippen LogP contribution in [0.25, 0.3) is 0 Å². The molecule has 0 fully saturated rings. The van der Waals surface area contributed by atoms with Crippen molar-refractivity contribution < 1.29 is 4.79 Å². The zero-order chi connectivity index (χ0) is 12.8. The number of nitrogen functional groups attached to an aromatic ring is 1. The highest BCUT2D eigenvalue weighted by Crippen LogP contribution is 2.17. The van der Waals surface area contributed by atoms with Crippen molar-refractivity contribution in [1.82, 2.24) is 4.90 Å². The number of benzene rings is 1. The predicted octanol–water partition coefficient (Wildman–Crippen LogP) is 2.84. The van der Waals surface area contributed by atoms with Gasteiger partial charge in [-0.15, -0.1) is 0 Å². The maximum absolute atomic E-state index is 12.3. The number of carbonyl (C=O) groups excluding carboxylic acids is 1. The lowest BCUT2D eigenvalue weighted by Crippen LogP contribution is -2.32. The Labute approximate surface area is 104 Å². The molecule has 0 saturated heterocycles. The third kappa shape index (κ3) is 3.22. The Balaban J connectivity index is 2.90. The summed E-state index contributed by atoms with van der Waals surface area (Å²) in [6.45, 7) is 7.60. The molecule has 0 aliphatic carbocycles. The summed E-state index contributed by atoms with van der Waals surface area (Å²) in [5.41, 5.74) is 8.12. The Morgan fingerprint density at radius 1 is 1.35 bits per heavy atom. The van der Waals surface area contributed by atoms with Crippen molar-refractivity contribution in [3.63, 3.8) is 0 Å². The smallest absolute Gasteiger partial charge is 0.254 e. The Hall–Kier alpha value is -1.51. The van der Waals surface area contributed by atoms with Gasteiger partial charge in [0.25, 0.3) is 5.91 Å². The van der Waals surface area contributed by atoms with E-state index >= 15 is 0 Å². The lowest BCUT2D eigenvalue weighted by atomic mass is 10.1. The molecule has 0 unspecified atom stereocenters. The van der Waals surface area contributed by atoms with E-state index in [0.29, 0.717) is 5.69 Å². The van der Waals surface area contributed by atoms with Gasteiger partial charge in [0.15, 0.2) is 0 Å². The summed E-state index contributed by atoms with van der Waals surface area (Å²) in [7, 11) is 0. The first-order chi connectivity index (χ1) is 8.11. The molecular weight excluding hydrogens is 212 g/mol. The molecule has 0 radical (unpaired) electrons. The molecule has 0 bridgehead atoms. The van der Waals surface area contributed by atoms with Crippen molar-refractivity contribution in [3.8, 4) is 0 Å². The Morgan fingerprint density at radius 3 is 2.65 bits per heavy atom. The second-order valence-electron chi connectivity index (χ2n) is 4.26. The summed E-state index contributed by atoms with van der Waals surface area (Å²) in [6.07, 6.45) is 2.14. The number of nitrogens with two attached hydrogens (primary N) is 1. The van der Waals surface area contributed by atoms with Crippen molar-refractivity contribution in [2.45, 2.75) is 33.6 Å². The van der Waals surface area contributed by atoms with Crippen molar-refractivity contribution in [2.75, 3.05) is 18.8 Å². The van der Waals surface area contributed by atoms with Crippen LogP contribution in [0.1, 0.15) is 42.6 Å². The first-order valence-electron chi connectivity index (χ1n) is 6.26. The number of amides is 1. The van der Waals surface area contributed by atoms with Gasteiger partial charge in [-0.2, -0.15) is 0 Å². The van der Waals surface area contributed by atoms with Crippen LogP contribution < -0.4 is 5.73 Å². The van der Waals surface area contributed by atoms with Crippen LogP contribution in [-0.4, -0.2) is 23.9 Å². The molecule has 0 aromatic heterocycles. The van der Waals surface area contributed by atoms with Crippen LogP contribution in [-0.2, 0) is 0 Å². The molecule has 0 aliphatic rings. The van der Waals surface area contributed by atoms with Gasteiger partial charge in [-0.3, -0.25) is 4.79 Å². The van der Waals surface area contributed by atoms with E-state index < -0.39 is 0 Å². The summed E-state index contributed by atoms with van der Waals surface area (Å²) < 4.78 is 0. The number of carbonyl (C=O) groups is 1. The molecule has 0 saturated carbocycles. The molecule has 17 heavy (non-hydrogen) atoms. The first-order valence-corrected chi connectivity index (χ1v) is 6.26. The number of unbranched alkanes of at least 4 members (excludes halogenated alkanes) is 1. The molecule has 1 aromatic carbocycles. The van der Waals surface area contributed by atoms with Crippen LogP contribution in [0.4, 0.5) is 5.69 Å². The average molecular weight is 234 g/mol. The van der Waals surface area contributed by atoms with Gasteiger partial charge in [0, 0.05) is 24.3 Å². The van der Waals surface area contributed by atoms with Crippen molar-refractivity contribution >= 4 is 11.6 Å². The number of anilines is 1. The van der Waals surface area contributed by atoms with Crippen LogP contribution in [0, 0.1) is 6.92 Å². The third-order valence-electron chi connectivity index (χ3n) is 3.06. The highest BCUT2D eigenvalue weighted by Gasteiger charge is 2.16. The first kappa shape index (κ1) is 13.6. The lowest BCUT2D eigenvalue weighted by molar-refractivity contribution is 0.0761. The maximum atomic E-state index is 12.3. The summed E-state index contributed by atoms with van der Waals surface area (Å²) in [5, 5.41) is 0. The fourth-order valence-electron chi connectivity index (χ4n) is 1.81. The quantitative estimate of drug-likeness (QED) is 0.796. The van der Waals surface area contributed by atoms with E-state index in [1.54, 1.807) is 0 Å². The number of hydrogen-bond donors (Lipinski definition) is 1. The lowest BCUT2D eigenvalue weighted by Gasteiger charge is -2.22. The molecule has 3 heteroatoms. The Kier molecular flexibility index (Phi) is 5.01.